The average Bonchev–Trinajstić information content (AvgIpc) is 3.20. The lowest BCUT2D eigenvalue weighted by molar-refractivity contribution is -0.0394. The number of hydrogen-bond donors (Lipinski definition) is 0. The Morgan fingerprint density at radius 1 is 1.32 bits per heavy atom. The maximum absolute atomic E-state index is 5.85. The predicted molar refractivity (Wildman–Crippen MR) is 91.6 cm³/mol. The van der Waals surface area contributed by atoms with Crippen LogP contribution in [-0.4, -0.2) is 50.2 Å². The van der Waals surface area contributed by atoms with Crippen LogP contribution >= 0.6 is 0 Å². The van der Waals surface area contributed by atoms with Gasteiger partial charge >= 0.3 is 0 Å². The van der Waals surface area contributed by atoms with Crippen LogP contribution in [0.1, 0.15) is 23.5 Å². The van der Waals surface area contributed by atoms with E-state index in [4.69, 9.17) is 25.4 Å². The van der Waals surface area contributed by atoms with Gasteiger partial charge in [0.1, 0.15) is 12.7 Å². The molecule has 0 radical (unpaired) electrons. The van der Waals surface area contributed by atoms with E-state index in [2.05, 4.69) is 29.0 Å². The molecule has 1 aromatic carbocycles. The minimum atomic E-state index is -0.0784. The van der Waals surface area contributed by atoms with Crippen LogP contribution in [0.25, 0.3) is 0 Å². The van der Waals surface area contributed by atoms with Gasteiger partial charge in [0.05, 0.1) is 6.10 Å². The molecule has 4 aliphatic rings. The van der Waals surface area contributed by atoms with Crippen LogP contribution in [0.2, 0.25) is 0 Å². The third kappa shape index (κ3) is 2.29. The largest absolute Gasteiger partial charge is 0.454 e. The smallest absolute Gasteiger partial charge is 0.231 e. The molecule has 0 saturated carbocycles. The van der Waals surface area contributed by atoms with Crippen LogP contribution in [0.15, 0.2) is 23.8 Å². The lowest BCUT2D eigenvalue weighted by Gasteiger charge is -2.34. The molecule has 3 aliphatic heterocycles. The number of nitrogens with zero attached hydrogens (tertiary/aromatic N) is 1. The number of ether oxygens (including phenoxy) is 4. The molecule has 1 aliphatic carbocycles. The molecule has 130 valence electrons. The van der Waals surface area contributed by atoms with E-state index >= 15 is 0 Å². The highest BCUT2D eigenvalue weighted by Crippen LogP contribution is 2.50. The van der Waals surface area contributed by atoms with Crippen LogP contribution in [0.5, 0.6) is 11.5 Å². The Kier molecular flexibility index (Phi) is 3.53. The first-order valence-corrected chi connectivity index (χ1v) is 8.74. The number of hydrogen-bond acceptors (Lipinski definition) is 5. The monoisotopic (exact) mass is 339 g/mol. The molecule has 25 heavy (non-hydrogen) atoms. The summed E-state index contributed by atoms with van der Waals surface area (Å²) in [5.41, 5.74) is 4.14. The lowest BCUT2D eigenvalue weighted by atomic mass is 9.82. The SMILES string of the molecule is C#CCO[C@H]1C=C2[C@H]3CN(Cc4cc5c(cc43)OCO5)[C@H]2C[C@@H]1OC. The summed E-state index contributed by atoms with van der Waals surface area (Å²) in [7, 11) is 1.75. The number of benzene rings is 1. The van der Waals surface area contributed by atoms with E-state index in [0.717, 1.165) is 31.0 Å². The standard InChI is InChI=1S/C20H21NO4/c1-3-4-23-19-7-14-15-10-21(16(14)8-17(19)22-2)9-12-5-18-20(6-13(12)15)25-11-24-18/h1,5-7,15-17,19H,4,8-11H2,2H3/t15-,16-,17-,19-/m0/s1. The van der Waals surface area contributed by atoms with E-state index in [-0.39, 0.29) is 12.2 Å². The third-order valence-corrected chi connectivity index (χ3v) is 5.87. The maximum Gasteiger partial charge on any atom is 0.231 e. The van der Waals surface area contributed by atoms with Gasteiger partial charge in [0.2, 0.25) is 6.79 Å². The van der Waals surface area contributed by atoms with Crippen LogP contribution in [-0.2, 0) is 16.0 Å². The number of methoxy groups -OCH3 is 1. The molecule has 5 rings (SSSR count). The highest BCUT2D eigenvalue weighted by molar-refractivity contribution is 5.54. The lowest BCUT2D eigenvalue weighted by Crippen LogP contribution is -2.42. The zero-order valence-electron chi connectivity index (χ0n) is 14.2. The third-order valence-electron chi connectivity index (χ3n) is 5.87. The Labute approximate surface area is 147 Å². The topological polar surface area (TPSA) is 40.2 Å². The summed E-state index contributed by atoms with van der Waals surface area (Å²) in [6.45, 7) is 2.61. The molecule has 5 heteroatoms. The second-order valence-corrected chi connectivity index (χ2v) is 7.06. The number of rotatable bonds is 3. The molecule has 2 bridgehead atoms. The van der Waals surface area contributed by atoms with Gasteiger partial charge in [-0.05, 0) is 35.3 Å². The summed E-state index contributed by atoms with van der Waals surface area (Å²) in [4.78, 5) is 2.55. The molecule has 1 fully saturated rings. The van der Waals surface area contributed by atoms with E-state index in [0.29, 0.717) is 25.4 Å². The summed E-state index contributed by atoms with van der Waals surface area (Å²) in [5, 5.41) is 0. The minimum Gasteiger partial charge on any atom is -0.454 e. The molecule has 1 unspecified atom stereocenters. The summed E-state index contributed by atoms with van der Waals surface area (Å²) >= 11 is 0. The van der Waals surface area contributed by atoms with Crippen molar-refractivity contribution in [3.05, 3.63) is 34.9 Å². The fourth-order valence-electron chi connectivity index (χ4n) is 4.74. The normalized spacial score (nSPS) is 34.1. The van der Waals surface area contributed by atoms with E-state index in [9.17, 15) is 0 Å². The van der Waals surface area contributed by atoms with Gasteiger partial charge in [-0.1, -0.05) is 12.0 Å². The highest BCUT2D eigenvalue weighted by atomic mass is 16.7. The zero-order valence-corrected chi connectivity index (χ0v) is 14.2. The predicted octanol–water partition coefficient (Wildman–Crippen LogP) is 2.06. The molecule has 0 amide bonds. The Bertz CT molecular complexity index is 781. The first kappa shape index (κ1) is 15.3. The van der Waals surface area contributed by atoms with Crippen molar-refractivity contribution in [1.82, 2.24) is 4.90 Å². The molecule has 0 aromatic heterocycles. The summed E-state index contributed by atoms with van der Waals surface area (Å²) in [6, 6.07) is 4.72. The Hall–Kier alpha value is -2.00. The van der Waals surface area contributed by atoms with Gasteiger partial charge in [-0.2, -0.15) is 0 Å². The van der Waals surface area contributed by atoms with Crippen molar-refractivity contribution < 1.29 is 18.9 Å². The highest BCUT2D eigenvalue weighted by Gasteiger charge is 2.47. The fraction of sp³-hybridized carbons (Fsp3) is 0.500. The van der Waals surface area contributed by atoms with E-state index in [1.807, 2.05) is 0 Å². The fourth-order valence-corrected chi connectivity index (χ4v) is 4.74. The number of terminal acetylenes is 1. The first-order valence-electron chi connectivity index (χ1n) is 8.74. The zero-order chi connectivity index (χ0) is 17.0. The van der Waals surface area contributed by atoms with Gasteiger partial charge in [-0.15, -0.1) is 6.42 Å². The molecular formula is C20H21NO4. The van der Waals surface area contributed by atoms with Gasteiger partial charge in [-0.25, -0.2) is 0 Å². The van der Waals surface area contributed by atoms with Crippen molar-refractivity contribution in [2.24, 2.45) is 0 Å². The molecule has 0 N–H and O–H groups in total. The Morgan fingerprint density at radius 3 is 2.96 bits per heavy atom. The second kappa shape index (κ2) is 5.77. The van der Waals surface area contributed by atoms with E-state index in [1.54, 1.807) is 7.11 Å². The second-order valence-electron chi connectivity index (χ2n) is 7.06. The van der Waals surface area contributed by atoms with Crippen LogP contribution in [0.3, 0.4) is 0 Å². The van der Waals surface area contributed by atoms with Gasteiger partial charge in [0, 0.05) is 32.2 Å². The van der Waals surface area contributed by atoms with Crippen molar-refractivity contribution in [3.63, 3.8) is 0 Å². The van der Waals surface area contributed by atoms with Crippen LogP contribution in [0.4, 0.5) is 0 Å². The van der Waals surface area contributed by atoms with Crippen molar-refractivity contribution in [1.29, 1.82) is 0 Å². The average molecular weight is 339 g/mol. The van der Waals surface area contributed by atoms with Gasteiger partial charge < -0.3 is 18.9 Å². The van der Waals surface area contributed by atoms with Gasteiger partial charge in [0.25, 0.3) is 0 Å². The van der Waals surface area contributed by atoms with Crippen LogP contribution < -0.4 is 9.47 Å². The Morgan fingerprint density at radius 2 is 2.16 bits per heavy atom. The van der Waals surface area contributed by atoms with Crippen LogP contribution in [0, 0.1) is 12.3 Å². The molecule has 1 saturated heterocycles. The summed E-state index contributed by atoms with van der Waals surface area (Å²) in [6.07, 6.45) is 8.53. The summed E-state index contributed by atoms with van der Waals surface area (Å²) in [5.74, 6) is 4.68. The Balaban J connectivity index is 1.53. The molecule has 3 heterocycles. The maximum atomic E-state index is 5.85. The van der Waals surface area contributed by atoms with E-state index in [1.165, 1.54) is 16.7 Å². The molecule has 5 atom stereocenters. The van der Waals surface area contributed by atoms with Gasteiger partial charge in [-0.3, -0.25) is 4.90 Å². The van der Waals surface area contributed by atoms with Gasteiger partial charge in [0.15, 0.2) is 11.5 Å². The van der Waals surface area contributed by atoms with Crippen molar-refractivity contribution in [2.45, 2.75) is 37.1 Å². The van der Waals surface area contributed by atoms with Crippen molar-refractivity contribution in [3.8, 4) is 23.8 Å². The minimum absolute atomic E-state index is 0.0428. The molecule has 0 spiro atoms. The first-order chi connectivity index (χ1) is 12.3. The molecule has 1 aromatic rings. The molecule has 5 nitrogen and oxygen atoms in total. The number of fused-ring (bicyclic) bond motifs is 8. The summed E-state index contributed by atoms with van der Waals surface area (Å²) < 4.78 is 22.7. The quantitative estimate of drug-likeness (QED) is 0.623. The molecular weight excluding hydrogens is 318 g/mol. The van der Waals surface area contributed by atoms with Crippen molar-refractivity contribution in [2.75, 3.05) is 27.1 Å². The van der Waals surface area contributed by atoms with Crippen molar-refractivity contribution >= 4 is 0 Å². The van der Waals surface area contributed by atoms with E-state index < -0.39 is 0 Å².